The molecule has 0 spiro atoms. The van der Waals surface area contributed by atoms with E-state index in [0.717, 1.165) is 0 Å². The predicted octanol–water partition coefficient (Wildman–Crippen LogP) is 0.662. The van der Waals surface area contributed by atoms with Crippen LogP contribution >= 0.6 is 0 Å². The number of terminal acetylenes is 1. The van der Waals surface area contributed by atoms with Crippen LogP contribution in [-0.2, 0) is 4.79 Å². The average molecular weight is 211 g/mol. The first kappa shape index (κ1) is 11.3. The van der Waals surface area contributed by atoms with Crippen molar-refractivity contribution < 1.29 is 9.90 Å². The molecule has 1 aliphatic rings. The van der Waals surface area contributed by atoms with Gasteiger partial charge in [0, 0.05) is 6.04 Å². The van der Waals surface area contributed by atoms with Gasteiger partial charge in [0.25, 0.3) is 0 Å². The minimum atomic E-state index is -1.52. The number of carbonyl (C=O) groups is 1. The van der Waals surface area contributed by atoms with Crippen LogP contribution in [0.5, 0.6) is 0 Å². The number of aliphatic hydroxyl groups excluding tert-OH is 1. The van der Waals surface area contributed by atoms with E-state index < -0.39 is 14.2 Å². The molecule has 1 rings (SSSR count). The first-order chi connectivity index (χ1) is 6.30. The van der Waals surface area contributed by atoms with Crippen molar-refractivity contribution in [2.75, 3.05) is 0 Å². The van der Waals surface area contributed by atoms with Gasteiger partial charge in [-0.25, -0.2) is 0 Å². The molecule has 3 atom stereocenters. The van der Waals surface area contributed by atoms with E-state index >= 15 is 0 Å². The smallest absolute Gasteiger partial charge is 0.241 e. The summed E-state index contributed by atoms with van der Waals surface area (Å²) < 4.78 is 0. The predicted molar refractivity (Wildman–Crippen MR) is 58.0 cm³/mol. The Labute approximate surface area is 86.1 Å². The number of nitrogens with zero attached hydrogens (tertiary/aromatic N) is 1. The topological polar surface area (TPSA) is 40.5 Å². The Morgan fingerprint density at radius 3 is 2.36 bits per heavy atom. The Hall–Kier alpha value is -0.793. The minimum Gasteiger partial charge on any atom is -0.393 e. The van der Waals surface area contributed by atoms with Crippen molar-refractivity contribution in [3.63, 3.8) is 0 Å². The maximum atomic E-state index is 11.5. The lowest BCUT2D eigenvalue weighted by Crippen LogP contribution is -2.70. The maximum Gasteiger partial charge on any atom is 0.241 e. The molecule has 14 heavy (non-hydrogen) atoms. The number of hydrogen-bond acceptors (Lipinski definition) is 2. The molecule has 0 bridgehead atoms. The van der Waals surface area contributed by atoms with E-state index in [9.17, 15) is 9.90 Å². The molecule has 0 radical (unpaired) electrons. The Bertz CT molecular complexity index is 287. The zero-order valence-corrected chi connectivity index (χ0v) is 10.1. The molecule has 0 saturated carbocycles. The Morgan fingerprint density at radius 1 is 1.57 bits per heavy atom. The summed E-state index contributed by atoms with van der Waals surface area (Å²) in [6.07, 6.45) is 4.68. The molecule has 1 aliphatic heterocycles. The maximum absolute atomic E-state index is 11.5. The molecule has 78 valence electrons. The van der Waals surface area contributed by atoms with Crippen molar-refractivity contribution in [1.29, 1.82) is 0 Å². The number of amides is 1. The fraction of sp³-hybridized carbons (Fsp3) is 0.700. The Kier molecular flexibility index (Phi) is 2.75. The first-order valence-electron chi connectivity index (χ1n) is 4.78. The highest BCUT2D eigenvalue weighted by Crippen LogP contribution is 2.35. The van der Waals surface area contributed by atoms with Crippen molar-refractivity contribution in [2.24, 2.45) is 5.92 Å². The number of likely N-dealkylation sites (tertiary alicyclic amines) is 1. The molecular weight excluding hydrogens is 194 g/mol. The molecule has 0 aromatic heterocycles. The van der Waals surface area contributed by atoms with Crippen LogP contribution in [0.15, 0.2) is 0 Å². The third-order valence-corrected chi connectivity index (χ3v) is 5.08. The number of carbonyl (C=O) groups excluding carboxylic acids is 1. The third-order valence-electron chi connectivity index (χ3n) is 2.69. The minimum absolute atomic E-state index is 0.0833. The lowest BCUT2D eigenvalue weighted by atomic mass is 9.93. The standard InChI is InChI=1S/C10H17NO2Si/c1-6-11-9(13)8(7(2)12)10(11)14(3,4)5/h1,7-8,10,12H,2-5H3/t7-,8-,10-/m1/s1. The van der Waals surface area contributed by atoms with Crippen molar-refractivity contribution in [1.82, 2.24) is 4.90 Å². The van der Waals surface area contributed by atoms with E-state index in [2.05, 4.69) is 25.7 Å². The molecule has 0 aromatic carbocycles. The molecule has 3 nitrogen and oxygen atoms in total. The Morgan fingerprint density at radius 2 is 2.07 bits per heavy atom. The second kappa shape index (κ2) is 3.41. The average Bonchev–Trinajstić information content (AvgIpc) is 1.97. The van der Waals surface area contributed by atoms with E-state index in [1.54, 1.807) is 6.92 Å². The summed E-state index contributed by atoms with van der Waals surface area (Å²) in [5.41, 5.74) is 0.0833. The van der Waals surface area contributed by atoms with Gasteiger partial charge in [-0.2, -0.15) is 0 Å². The SMILES string of the molecule is C#CN1C(=O)[C@@H]([C@@H](C)O)[C@H]1[Si](C)(C)C. The summed E-state index contributed by atoms with van der Waals surface area (Å²) in [7, 11) is -1.52. The molecule has 0 aromatic rings. The van der Waals surface area contributed by atoms with Gasteiger partial charge in [-0.3, -0.25) is 9.69 Å². The van der Waals surface area contributed by atoms with Crippen LogP contribution in [0.1, 0.15) is 6.92 Å². The molecule has 0 aliphatic carbocycles. The molecule has 1 saturated heterocycles. The van der Waals surface area contributed by atoms with Crippen molar-refractivity contribution in [3.8, 4) is 12.5 Å². The molecule has 4 heteroatoms. The van der Waals surface area contributed by atoms with E-state index in [-0.39, 0.29) is 17.5 Å². The lowest BCUT2D eigenvalue weighted by molar-refractivity contribution is -0.151. The highest BCUT2D eigenvalue weighted by molar-refractivity contribution is 6.78. The van der Waals surface area contributed by atoms with Gasteiger partial charge in [0.05, 0.1) is 25.8 Å². The number of β-lactam (4-membered cyclic amide) rings is 1. The van der Waals surface area contributed by atoms with E-state index in [4.69, 9.17) is 6.42 Å². The van der Waals surface area contributed by atoms with Crippen molar-refractivity contribution in [3.05, 3.63) is 0 Å². The molecule has 1 fully saturated rings. The van der Waals surface area contributed by atoms with Crippen LogP contribution in [0.25, 0.3) is 0 Å². The van der Waals surface area contributed by atoms with Crippen LogP contribution in [0.4, 0.5) is 0 Å². The van der Waals surface area contributed by atoms with Crippen LogP contribution in [0, 0.1) is 18.4 Å². The monoisotopic (exact) mass is 211 g/mol. The number of rotatable bonds is 2. The van der Waals surface area contributed by atoms with Gasteiger partial charge >= 0.3 is 0 Å². The zero-order chi connectivity index (χ0) is 11.1. The Balaban J connectivity index is 2.91. The summed E-state index contributed by atoms with van der Waals surface area (Å²) in [5.74, 6) is -0.382. The number of aliphatic hydroxyl groups is 1. The van der Waals surface area contributed by atoms with E-state index in [1.165, 1.54) is 4.90 Å². The quantitative estimate of drug-likeness (QED) is 0.414. The fourth-order valence-corrected chi connectivity index (χ4v) is 4.53. The summed E-state index contributed by atoms with van der Waals surface area (Å²) in [6.45, 7) is 8.13. The second-order valence-corrected chi connectivity index (χ2v) is 10.2. The normalized spacial score (nSPS) is 29.4. The van der Waals surface area contributed by atoms with Crippen LogP contribution in [0.2, 0.25) is 19.6 Å². The molecule has 1 heterocycles. The summed E-state index contributed by atoms with van der Waals surface area (Å²) in [4.78, 5) is 13.0. The first-order valence-corrected chi connectivity index (χ1v) is 8.36. The van der Waals surface area contributed by atoms with Gasteiger partial charge in [-0.05, 0) is 6.92 Å². The summed E-state index contributed by atoms with van der Waals surface area (Å²) >= 11 is 0. The molecule has 1 amide bonds. The lowest BCUT2D eigenvalue weighted by Gasteiger charge is -2.50. The van der Waals surface area contributed by atoms with Crippen molar-refractivity contribution >= 4 is 14.0 Å². The van der Waals surface area contributed by atoms with Gasteiger partial charge in [-0.1, -0.05) is 26.1 Å². The molecule has 1 N–H and O–H groups in total. The summed E-state index contributed by atoms with van der Waals surface area (Å²) in [6, 6.07) is 2.40. The van der Waals surface area contributed by atoms with Gasteiger partial charge in [-0.15, -0.1) is 0 Å². The number of hydrogen-bond donors (Lipinski definition) is 1. The highest BCUT2D eigenvalue weighted by atomic mass is 28.3. The van der Waals surface area contributed by atoms with Crippen LogP contribution in [0.3, 0.4) is 0 Å². The highest BCUT2D eigenvalue weighted by Gasteiger charge is 2.54. The zero-order valence-electron chi connectivity index (χ0n) is 9.11. The second-order valence-electron chi connectivity index (χ2n) is 4.91. The van der Waals surface area contributed by atoms with Crippen molar-refractivity contribution in [2.45, 2.75) is 38.3 Å². The van der Waals surface area contributed by atoms with Crippen LogP contribution < -0.4 is 0 Å². The van der Waals surface area contributed by atoms with Gasteiger partial charge in [0.1, 0.15) is 0 Å². The fourth-order valence-electron chi connectivity index (χ4n) is 2.05. The molecular formula is C10H17NO2Si. The van der Waals surface area contributed by atoms with E-state index in [1.807, 2.05) is 0 Å². The third kappa shape index (κ3) is 1.58. The van der Waals surface area contributed by atoms with Gasteiger partial charge in [0.15, 0.2) is 0 Å². The van der Waals surface area contributed by atoms with Gasteiger partial charge in [0.2, 0.25) is 5.91 Å². The van der Waals surface area contributed by atoms with E-state index in [0.29, 0.717) is 0 Å². The van der Waals surface area contributed by atoms with Crippen LogP contribution in [-0.4, -0.2) is 35.8 Å². The largest absolute Gasteiger partial charge is 0.393 e. The summed E-state index contributed by atoms with van der Waals surface area (Å²) in [5, 5.41) is 9.50. The van der Waals surface area contributed by atoms with Gasteiger partial charge < -0.3 is 5.11 Å². The molecule has 0 unspecified atom stereocenters.